The van der Waals surface area contributed by atoms with Crippen LogP contribution in [0, 0.1) is 5.92 Å². The second-order valence-electron chi connectivity index (χ2n) is 4.27. The molecule has 1 atom stereocenters. The summed E-state index contributed by atoms with van der Waals surface area (Å²) < 4.78 is 2.00. The van der Waals surface area contributed by atoms with Gasteiger partial charge in [0.15, 0.2) is 0 Å². The maximum absolute atomic E-state index is 11.1. The standard InChI is InChI=1S/C12H21N3O2/c1-2-6-15-8-11(14-9-15)7-10(12(16)17)4-3-5-13/h8-10H,2-7,13H2,1H3,(H,16,17). The van der Waals surface area contributed by atoms with Gasteiger partial charge >= 0.3 is 5.97 Å². The zero-order chi connectivity index (χ0) is 12.7. The Hall–Kier alpha value is -1.36. The first-order valence-corrected chi connectivity index (χ1v) is 6.10. The highest BCUT2D eigenvalue weighted by atomic mass is 16.4. The summed E-state index contributed by atoms with van der Waals surface area (Å²) in [5.41, 5.74) is 6.25. The Morgan fingerprint density at radius 1 is 1.65 bits per heavy atom. The van der Waals surface area contributed by atoms with Crippen LogP contribution < -0.4 is 5.73 Å². The maximum atomic E-state index is 11.1. The predicted octanol–water partition coefficient (Wildman–Crippen LogP) is 1.28. The molecule has 0 amide bonds. The van der Waals surface area contributed by atoms with Crippen molar-refractivity contribution in [1.82, 2.24) is 9.55 Å². The molecule has 0 saturated heterocycles. The van der Waals surface area contributed by atoms with Gasteiger partial charge in [-0.15, -0.1) is 0 Å². The highest BCUT2D eigenvalue weighted by Gasteiger charge is 2.18. The fourth-order valence-electron chi connectivity index (χ4n) is 1.82. The lowest BCUT2D eigenvalue weighted by Gasteiger charge is -2.09. The van der Waals surface area contributed by atoms with E-state index in [4.69, 9.17) is 10.8 Å². The molecule has 0 spiro atoms. The average Bonchev–Trinajstić information content (AvgIpc) is 2.72. The van der Waals surface area contributed by atoms with Crippen molar-refractivity contribution in [2.24, 2.45) is 11.7 Å². The number of nitrogens with two attached hydrogens (primary N) is 1. The summed E-state index contributed by atoms with van der Waals surface area (Å²) in [6.45, 7) is 3.56. The van der Waals surface area contributed by atoms with E-state index < -0.39 is 5.97 Å². The predicted molar refractivity (Wildman–Crippen MR) is 65.6 cm³/mol. The van der Waals surface area contributed by atoms with Crippen LogP contribution >= 0.6 is 0 Å². The molecule has 0 aliphatic heterocycles. The van der Waals surface area contributed by atoms with E-state index in [1.54, 1.807) is 6.33 Å². The molecule has 0 aromatic carbocycles. The van der Waals surface area contributed by atoms with Gasteiger partial charge in [-0.1, -0.05) is 6.92 Å². The lowest BCUT2D eigenvalue weighted by Crippen LogP contribution is -2.18. The van der Waals surface area contributed by atoms with Gasteiger partial charge in [0.05, 0.1) is 17.9 Å². The molecule has 5 nitrogen and oxygen atoms in total. The number of hydrogen-bond acceptors (Lipinski definition) is 3. The van der Waals surface area contributed by atoms with Crippen molar-refractivity contribution in [1.29, 1.82) is 0 Å². The minimum Gasteiger partial charge on any atom is -0.481 e. The van der Waals surface area contributed by atoms with Crippen molar-refractivity contribution in [3.63, 3.8) is 0 Å². The van der Waals surface area contributed by atoms with Crippen LogP contribution in [0.4, 0.5) is 0 Å². The van der Waals surface area contributed by atoms with Crippen molar-refractivity contribution in [2.75, 3.05) is 6.54 Å². The highest BCUT2D eigenvalue weighted by molar-refractivity contribution is 5.70. The summed E-state index contributed by atoms with van der Waals surface area (Å²) >= 11 is 0. The molecule has 0 aliphatic carbocycles. The molecule has 0 bridgehead atoms. The average molecular weight is 239 g/mol. The Labute approximate surface area is 102 Å². The molecule has 96 valence electrons. The van der Waals surface area contributed by atoms with E-state index in [9.17, 15) is 4.79 Å². The van der Waals surface area contributed by atoms with Crippen molar-refractivity contribution in [2.45, 2.75) is 39.2 Å². The second kappa shape index (κ2) is 7.06. The summed E-state index contributed by atoms with van der Waals surface area (Å²) in [7, 11) is 0. The highest BCUT2D eigenvalue weighted by Crippen LogP contribution is 2.13. The number of hydrogen-bond donors (Lipinski definition) is 2. The lowest BCUT2D eigenvalue weighted by molar-refractivity contribution is -0.142. The van der Waals surface area contributed by atoms with Gasteiger partial charge in [0, 0.05) is 19.2 Å². The number of aryl methyl sites for hydroxylation is 1. The van der Waals surface area contributed by atoms with Crippen molar-refractivity contribution in [3.05, 3.63) is 18.2 Å². The number of aliphatic carboxylic acids is 1. The van der Waals surface area contributed by atoms with Gasteiger partial charge in [-0.25, -0.2) is 4.98 Å². The molecule has 1 aromatic rings. The SMILES string of the molecule is CCCn1cnc(CC(CCCN)C(=O)O)c1. The molecule has 17 heavy (non-hydrogen) atoms. The van der Waals surface area contributed by atoms with Gasteiger partial charge in [0.2, 0.25) is 0 Å². The van der Waals surface area contributed by atoms with Crippen molar-refractivity contribution < 1.29 is 9.90 Å². The molecule has 1 heterocycles. The zero-order valence-electron chi connectivity index (χ0n) is 10.3. The van der Waals surface area contributed by atoms with Gasteiger partial charge in [0.25, 0.3) is 0 Å². The molecule has 0 radical (unpaired) electrons. The summed E-state index contributed by atoms with van der Waals surface area (Å²) in [4.78, 5) is 15.3. The third-order valence-corrected chi connectivity index (χ3v) is 2.73. The Balaban J connectivity index is 2.55. The minimum atomic E-state index is -0.761. The minimum absolute atomic E-state index is 0.372. The smallest absolute Gasteiger partial charge is 0.306 e. The van der Waals surface area contributed by atoms with E-state index in [0.29, 0.717) is 19.4 Å². The van der Waals surface area contributed by atoms with Crippen LogP contribution in [0.2, 0.25) is 0 Å². The molecule has 0 saturated carbocycles. The largest absolute Gasteiger partial charge is 0.481 e. The van der Waals surface area contributed by atoms with E-state index in [-0.39, 0.29) is 5.92 Å². The fourth-order valence-corrected chi connectivity index (χ4v) is 1.82. The summed E-state index contributed by atoms with van der Waals surface area (Å²) in [6.07, 6.45) is 6.60. The number of carboxylic acid groups (broad SMARTS) is 1. The number of carboxylic acids is 1. The van der Waals surface area contributed by atoms with Crippen LogP contribution in [-0.2, 0) is 17.8 Å². The fraction of sp³-hybridized carbons (Fsp3) is 0.667. The van der Waals surface area contributed by atoms with Gasteiger partial charge in [-0.3, -0.25) is 4.79 Å². The maximum Gasteiger partial charge on any atom is 0.306 e. The van der Waals surface area contributed by atoms with E-state index >= 15 is 0 Å². The number of imidazole rings is 1. The van der Waals surface area contributed by atoms with Gasteiger partial charge in [-0.05, 0) is 25.8 Å². The van der Waals surface area contributed by atoms with Crippen LogP contribution in [0.1, 0.15) is 31.9 Å². The van der Waals surface area contributed by atoms with Crippen molar-refractivity contribution >= 4 is 5.97 Å². The summed E-state index contributed by atoms with van der Waals surface area (Å²) in [6, 6.07) is 0. The topological polar surface area (TPSA) is 81.1 Å². The molecule has 1 aromatic heterocycles. The van der Waals surface area contributed by atoms with Crippen LogP contribution in [0.3, 0.4) is 0 Å². The quantitative estimate of drug-likeness (QED) is 0.716. The van der Waals surface area contributed by atoms with Crippen LogP contribution in [0.5, 0.6) is 0 Å². The number of rotatable bonds is 8. The Bertz CT molecular complexity index is 349. The normalized spacial score (nSPS) is 12.6. The summed E-state index contributed by atoms with van der Waals surface area (Å²) in [5, 5.41) is 9.10. The monoisotopic (exact) mass is 239 g/mol. The first kappa shape index (κ1) is 13.7. The van der Waals surface area contributed by atoms with E-state index in [0.717, 1.165) is 25.1 Å². The molecule has 5 heteroatoms. The number of carbonyl (C=O) groups is 1. The van der Waals surface area contributed by atoms with E-state index in [1.807, 2.05) is 10.8 Å². The molecule has 3 N–H and O–H groups in total. The summed E-state index contributed by atoms with van der Waals surface area (Å²) in [5.74, 6) is -1.13. The van der Waals surface area contributed by atoms with Gasteiger partial charge in [0.1, 0.15) is 0 Å². The number of aromatic nitrogens is 2. The molecular weight excluding hydrogens is 218 g/mol. The Kier molecular flexibility index (Phi) is 5.69. The third kappa shape index (κ3) is 4.56. The van der Waals surface area contributed by atoms with Crippen LogP contribution in [0.25, 0.3) is 0 Å². The third-order valence-electron chi connectivity index (χ3n) is 2.73. The lowest BCUT2D eigenvalue weighted by atomic mass is 9.98. The Morgan fingerprint density at radius 2 is 2.41 bits per heavy atom. The zero-order valence-corrected chi connectivity index (χ0v) is 10.3. The first-order valence-electron chi connectivity index (χ1n) is 6.10. The molecule has 0 fully saturated rings. The van der Waals surface area contributed by atoms with E-state index in [1.165, 1.54) is 0 Å². The molecular formula is C12H21N3O2. The molecule has 0 aliphatic rings. The van der Waals surface area contributed by atoms with Gasteiger partial charge in [-0.2, -0.15) is 0 Å². The molecule has 1 unspecified atom stereocenters. The molecule has 1 rings (SSSR count). The Morgan fingerprint density at radius 3 is 3.00 bits per heavy atom. The first-order chi connectivity index (χ1) is 8.17. The van der Waals surface area contributed by atoms with Crippen LogP contribution in [-0.4, -0.2) is 27.2 Å². The van der Waals surface area contributed by atoms with Gasteiger partial charge < -0.3 is 15.4 Å². The van der Waals surface area contributed by atoms with Crippen molar-refractivity contribution in [3.8, 4) is 0 Å². The van der Waals surface area contributed by atoms with Crippen LogP contribution in [0.15, 0.2) is 12.5 Å². The number of nitrogens with zero attached hydrogens (tertiary/aromatic N) is 2. The second-order valence-corrected chi connectivity index (χ2v) is 4.27. The van der Waals surface area contributed by atoms with E-state index in [2.05, 4.69) is 11.9 Å².